The van der Waals surface area contributed by atoms with Crippen LogP contribution in [0.5, 0.6) is 0 Å². The van der Waals surface area contributed by atoms with E-state index in [1.54, 1.807) is 24.3 Å². The molecule has 1 unspecified atom stereocenters. The van der Waals surface area contributed by atoms with Gasteiger partial charge in [-0.3, -0.25) is 10.1 Å². The van der Waals surface area contributed by atoms with Crippen LogP contribution in [-0.2, 0) is 6.42 Å². The first-order valence-electron chi connectivity index (χ1n) is 5.70. The Bertz CT molecular complexity index is 604. The second kappa shape index (κ2) is 6.17. The molecule has 0 amide bonds. The Kier molecular flexibility index (Phi) is 4.56. The first kappa shape index (κ1) is 14.0. The van der Waals surface area contributed by atoms with E-state index in [1.807, 2.05) is 18.2 Å². The van der Waals surface area contributed by atoms with Crippen LogP contribution in [0.15, 0.2) is 48.5 Å². The number of hydrogen-bond donors (Lipinski definition) is 0. The van der Waals surface area contributed by atoms with Gasteiger partial charge in [0.1, 0.15) is 0 Å². The Hall–Kier alpha value is -1.39. The molecule has 0 aliphatic heterocycles. The molecule has 0 spiro atoms. The van der Waals surface area contributed by atoms with Gasteiger partial charge in [-0.1, -0.05) is 57.9 Å². The van der Waals surface area contributed by atoms with Gasteiger partial charge in [-0.25, -0.2) is 0 Å². The number of halogens is 2. The van der Waals surface area contributed by atoms with Gasteiger partial charge < -0.3 is 0 Å². The van der Waals surface area contributed by atoms with E-state index in [4.69, 9.17) is 11.6 Å². The highest BCUT2D eigenvalue weighted by Gasteiger charge is 2.17. The van der Waals surface area contributed by atoms with E-state index < -0.39 is 0 Å². The van der Waals surface area contributed by atoms with Crippen LogP contribution in [0, 0.1) is 10.1 Å². The van der Waals surface area contributed by atoms with Crippen LogP contribution in [-0.4, -0.2) is 4.92 Å². The first-order valence-corrected chi connectivity index (χ1v) is 6.99. The highest BCUT2D eigenvalue weighted by Crippen LogP contribution is 2.31. The van der Waals surface area contributed by atoms with Crippen molar-refractivity contribution in [3.05, 3.63) is 74.8 Å². The molecular formula is C14H11BrClNO2. The van der Waals surface area contributed by atoms with Crippen molar-refractivity contribution in [1.29, 1.82) is 0 Å². The second-order valence-electron chi connectivity index (χ2n) is 4.11. The molecule has 0 aliphatic carbocycles. The molecule has 2 aromatic rings. The molecule has 19 heavy (non-hydrogen) atoms. The van der Waals surface area contributed by atoms with Crippen molar-refractivity contribution in [2.24, 2.45) is 0 Å². The third-order valence-corrected chi connectivity index (χ3v) is 3.89. The van der Waals surface area contributed by atoms with Crippen molar-refractivity contribution in [1.82, 2.24) is 0 Å². The maximum absolute atomic E-state index is 11.0. The SMILES string of the molecule is O=[N+]([O-])c1ccccc1CC(Br)c1cccc(Cl)c1. The predicted octanol–water partition coefficient (Wildman–Crippen LogP) is 4.93. The summed E-state index contributed by atoms with van der Waals surface area (Å²) < 4.78 is 0. The summed E-state index contributed by atoms with van der Waals surface area (Å²) in [6.07, 6.45) is 0.539. The normalized spacial score (nSPS) is 12.1. The van der Waals surface area contributed by atoms with Crippen LogP contribution >= 0.6 is 27.5 Å². The minimum atomic E-state index is -0.354. The zero-order valence-electron chi connectivity index (χ0n) is 9.92. The van der Waals surface area contributed by atoms with Crippen LogP contribution in [0.4, 0.5) is 5.69 Å². The number of benzene rings is 2. The van der Waals surface area contributed by atoms with Gasteiger partial charge in [0.15, 0.2) is 0 Å². The Labute approximate surface area is 124 Å². The lowest BCUT2D eigenvalue weighted by atomic mass is 10.0. The fraction of sp³-hybridized carbons (Fsp3) is 0.143. The lowest BCUT2D eigenvalue weighted by Crippen LogP contribution is -2.00. The van der Waals surface area contributed by atoms with Crippen molar-refractivity contribution in [3.8, 4) is 0 Å². The molecule has 2 rings (SSSR count). The number of alkyl halides is 1. The fourth-order valence-electron chi connectivity index (χ4n) is 1.87. The van der Waals surface area contributed by atoms with E-state index in [2.05, 4.69) is 15.9 Å². The molecule has 3 nitrogen and oxygen atoms in total. The lowest BCUT2D eigenvalue weighted by molar-refractivity contribution is -0.385. The molecule has 2 aromatic carbocycles. The third kappa shape index (κ3) is 3.55. The fourth-order valence-corrected chi connectivity index (χ4v) is 2.71. The minimum absolute atomic E-state index is 0.00713. The quantitative estimate of drug-likeness (QED) is 0.450. The molecule has 0 aliphatic rings. The van der Waals surface area contributed by atoms with Crippen LogP contribution in [0.3, 0.4) is 0 Å². The predicted molar refractivity (Wildman–Crippen MR) is 79.9 cm³/mol. The number of rotatable bonds is 4. The average Bonchev–Trinajstić information content (AvgIpc) is 2.39. The Morgan fingerprint density at radius 2 is 1.95 bits per heavy atom. The van der Waals surface area contributed by atoms with Crippen molar-refractivity contribution < 1.29 is 4.92 Å². The molecule has 5 heteroatoms. The van der Waals surface area contributed by atoms with Crippen LogP contribution in [0.25, 0.3) is 0 Å². The number of hydrogen-bond acceptors (Lipinski definition) is 2. The zero-order chi connectivity index (χ0) is 13.8. The number of nitro groups is 1. The molecule has 0 saturated carbocycles. The molecule has 0 bridgehead atoms. The monoisotopic (exact) mass is 339 g/mol. The number of para-hydroxylation sites is 1. The highest BCUT2D eigenvalue weighted by molar-refractivity contribution is 9.09. The lowest BCUT2D eigenvalue weighted by Gasteiger charge is -2.11. The van der Waals surface area contributed by atoms with Crippen molar-refractivity contribution in [3.63, 3.8) is 0 Å². The maximum Gasteiger partial charge on any atom is 0.272 e. The summed E-state index contributed by atoms with van der Waals surface area (Å²) in [5.41, 5.74) is 1.86. The average molecular weight is 341 g/mol. The topological polar surface area (TPSA) is 43.1 Å². The molecule has 0 N–H and O–H groups in total. The Balaban J connectivity index is 2.24. The molecule has 0 fully saturated rings. The van der Waals surface area contributed by atoms with Crippen molar-refractivity contribution >= 4 is 33.2 Å². The van der Waals surface area contributed by atoms with E-state index in [9.17, 15) is 10.1 Å². The van der Waals surface area contributed by atoms with Gasteiger partial charge in [-0.05, 0) is 24.1 Å². The van der Waals surface area contributed by atoms with Gasteiger partial charge in [-0.2, -0.15) is 0 Å². The largest absolute Gasteiger partial charge is 0.272 e. The summed E-state index contributed by atoms with van der Waals surface area (Å²) in [5, 5.41) is 11.6. The van der Waals surface area contributed by atoms with Crippen LogP contribution < -0.4 is 0 Å². The standard InChI is InChI=1S/C14H11BrClNO2/c15-13(10-5-3-6-12(16)8-10)9-11-4-1-2-7-14(11)17(18)19/h1-8,13H,9H2. The van der Waals surface area contributed by atoms with Gasteiger partial charge in [0.25, 0.3) is 5.69 Å². The maximum atomic E-state index is 11.0. The molecule has 0 heterocycles. The van der Waals surface area contributed by atoms with Gasteiger partial charge >= 0.3 is 0 Å². The first-order chi connectivity index (χ1) is 9.08. The van der Waals surface area contributed by atoms with E-state index in [0.29, 0.717) is 17.0 Å². The highest BCUT2D eigenvalue weighted by atomic mass is 79.9. The third-order valence-electron chi connectivity index (χ3n) is 2.80. The minimum Gasteiger partial charge on any atom is -0.258 e. The van der Waals surface area contributed by atoms with E-state index in [0.717, 1.165) is 5.56 Å². The Morgan fingerprint density at radius 1 is 1.21 bits per heavy atom. The molecule has 0 radical (unpaired) electrons. The molecule has 1 atom stereocenters. The number of nitrogens with zero attached hydrogens (tertiary/aromatic N) is 1. The summed E-state index contributed by atoms with van der Waals surface area (Å²) >= 11 is 9.50. The van der Waals surface area contributed by atoms with Gasteiger partial charge in [0.2, 0.25) is 0 Å². The molecular weight excluding hydrogens is 330 g/mol. The summed E-state index contributed by atoms with van der Waals surface area (Å²) in [7, 11) is 0. The van der Waals surface area contributed by atoms with E-state index >= 15 is 0 Å². The van der Waals surface area contributed by atoms with E-state index in [1.165, 1.54) is 6.07 Å². The summed E-state index contributed by atoms with van der Waals surface area (Å²) in [6, 6.07) is 14.2. The Morgan fingerprint density at radius 3 is 2.63 bits per heavy atom. The molecule has 0 aromatic heterocycles. The summed E-state index contributed by atoms with van der Waals surface area (Å²) in [4.78, 5) is 10.6. The number of nitro benzene ring substituents is 1. The zero-order valence-corrected chi connectivity index (χ0v) is 12.3. The van der Waals surface area contributed by atoms with Gasteiger partial charge in [0, 0.05) is 21.5 Å². The van der Waals surface area contributed by atoms with Crippen LogP contribution in [0.1, 0.15) is 16.0 Å². The smallest absolute Gasteiger partial charge is 0.258 e. The second-order valence-corrected chi connectivity index (χ2v) is 5.65. The van der Waals surface area contributed by atoms with Crippen molar-refractivity contribution in [2.45, 2.75) is 11.2 Å². The van der Waals surface area contributed by atoms with Gasteiger partial charge in [0.05, 0.1) is 4.92 Å². The summed E-state index contributed by atoms with van der Waals surface area (Å²) in [6.45, 7) is 0. The van der Waals surface area contributed by atoms with Gasteiger partial charge in [-0.15, -0.1) is 0 Å². The van der Waals surface area contributed by atoms with Crippen molar-refractivity contribution in [2.75, 3.05) is 0 Å². The molecule has 98 valence electrons. The molecule has 0 saturated heterocycles. The van der Waals surface area contributed by atoms with E-state index in [-0.39, 0.29) is 15.4 Å². The van der Waals surface area contributed by atoms with Crippen LogP contribution in [0.2, 0.25) is 5.02 Å². The summed E-state index contributed by atoms with van der Waals surface area (Å²) in [5.74, 6) is 0.